The molecular formula is C27H34N4O4S. The summed E-state index contributed by atoms with van der Waals surface area (Å²) in [6.45, 7) is 4.46. The molecule has 0 radical (unpaired) electrons. The summed E-state index contributed by atoms with van der Waals surface area (Å²) in [6.07, 6.45) is 5.30. The minimum Gasteiger partial charge on any atom is -0.497 e. The van der Waals surface area contributed by atoms with Gasteiger partial charge < -0.3 is 24.5 Å². The second-order valence-electron chi connectivity index (χ2n) is 10.3. The molecule has 1 amide bonds. The topological polar surface area (TPSA) is 90.9 Å². The van der Waals surface area contributed by atoms with Gasteiger partial charge in [-0.2, -0.15) is 0 Å². The van der Waals surface area contributed by atoms with Gasteiger partial charge in [0.2, 0.25) is 5.91 Å². The Morgan fingerprint density at radius 2 is 2.11 bits per heavy atom. The third kappa shape index (κ3) is 4.12. The molecule has 3 aliphatic heterocycles. The number of carbonyl (C=O) groups is 1. The molecule has 6 rings (SSSR count). The third-order valence-electron chi connectivity index (χ3n) is 8.44. The lowest BCUT2D eigenvalue weighted by atomic mass is 9.68. The zero-order chi connectivity index (χ0) is 24.7. The highest BCUT2D eigenvalue weighted by Crippen LogP contribution is 2.49. The van der Waals surface area contributed by atoms with E-state index in [0.29, 0.717) is 25.7 Å². The molecule has 9 heteroatoms. The van der Waals surface area contributed by atoms with Crippen molar-refractivity contribution in [2.24, 2.45) is 5.92 Å². The number of amides is 1. The average Bonchev–Trinajstić information content (AvgIpc) is 3.57. The SMILES string of the molecule is COc1ccc2c3c([nH]c2c1)[C@@H](CO)N(Cc1nccs1)CC31CCN(C(=O)C2CCOCC2)CC1. The van der Waals surface area contributed by atoms with Crippen molar-refractivity contribution >= 4 is 28.1 Å². The molecule has 1 spiro atoms. The molecule has 1 atom stereocenters. The standard InChI is InChI=1S/C27H34N4O4S/c1-34-19-2-3-20-21(14-19)29-25-22(16-32)31(15-23-28-8-13-36-23)17-27(24(20)25)6-9-30(10-7-27)26(33)18-4-11-35-12-5-18/h2-3,8,13-14,18,22,29,32H,4-7,9-12,15-17H2,1H3/t22-/m1/s1. The highest BCUT2D eigenvalue weighted by Gasteiger charge is 2.48. The van der Waals surface area contributed by atoms with Crippen LogP contribution < -0.4 is 4.74 Å². The normalized spacial score (nSPS) is 22.7. The van der Waals surface area contributed by atoms with Gasteiger partial charge in [0.05, 0.1) is 26.3 Å². The number of methoxy groups -OCH3 is 1. The Kier molecular flexibility index (Phi) is 6.49. The maximum Gasteiger partial charge on any atom is 0.225 e. The van der Waals surface area contributed by atoms with Crippen LogP contribution in [0, 0.1) is 5.92 Å². The molecule has 0 bridgehead atoms. The molecule has 2 fully saturated rings. The zero-order valence-electron chi connectivity index (χ0n) is 20.7. The van der Waals surface area contributed by atoms with Gasteiger partial charge in [0.1, 0.15) is 10.8 Å². The van der Waals surface area contributed by atoms with E-state index in [2.05, 4.69) is 25.8 Å². The number of thiazole rings is 1. The van der Waals surface area contributed by atoms with Gasteiger partial charge in [0.15, 0.2) is 0 Å². The Hall–Kier alpha value is -2.46. The second-order valence-corrected chi connectivity index (χ2v) is 11.3. The number of fused-ring (bicyclic) bond motifs is 4. The van der Waals surface area contributed by atoms with Crippen LogP contribution in [0.1, 0.15) is 48.0 Å². The fraction of sp³-hybridized carbons (Fsp3) is 0.556. The Bertz CT molecular complexity index is 1210. The molecule has 3 aromatic rings. The molecular weight excluding hydrogens is 476 g/mol. The average molecular weight is 511 g/mol. The molecule has 2 aromatic heterocycles. The van der Waals surface area contributed by atoms with Gasteiger partial charge >= 0.3 is 0 Å². The molecule has 5 heterocycles. The summed E-state index contributed by atoms with van der Waals surface area (Å²) in [4.78, 5) is 25.9. The van der Waals surface area contributed by atoms with Crippen LogP contribution in [-0.2, 0) is 21.5 Å². The quantitative estimate of drug-likeness (QED) is 0.546. The number of ether oxygens (including phenoxy) is 2. The minimum absolute atomic E-state index is 0.0345. The Morgan fingerprint density at radius 1 is 1.31 bits per heavy atom. The van der Waals surface area contributed by atoms with Crippen molar-refractivity contribution in [3.8, 4) is 5.75 Å². The summed E-state index contributed by atoms with van der Waals surface area (Å²) < 4.78 is 11.0. The molecule has 8 nitrogen and oxygen atoms in total. The number of piperidine rings is 1. The van der Waals surface area contributed by atoms with Crippen molar-refractivity contribution in [2.75, 3.05) is 46.6 Å². The van der Waals surface area contributed by atoms with Crippen LogP contribution in [0.4, 0.5) is 0 Å². The number of nitrogens with one attached hydrogen (secondary N) is 1. The van der Waals surface area contributed by atoms with Crippen LogP contribution >= 0.6 is 11.3 Å². The van der Waals surface area contributed by atoms with Crippen molar-refractivity contribution < 1.29 is 19.4 Å². The van der Waals surface area contributed by atoms with Crippen LogP contribution in [0.15, 0.2) is 29.8 Å². The van der Waals surface area contributed by atoms with Gasteiger partial charge in [-0.1, -0.05) is 0 Å². The molecule has 3 aliphatic rings. The Balaban J connectivity index is 1.36. The van der Waals surface area contributed by atoms with Crippen LogP contribution in [0.25, 0.3) is 10.9 Å². The Labute approximate surface area is 215 Å². The number of likely N-dealkylation sites (tertiary alicyclic amines) is 1. The predicted molar refractivity (Wildman–Crippen MR) is 138 cm³/mol. The van der Waals surface area contributed by atoms with Gasteiger partial charge in [-0.15, -0.1) is 11.3 Å². The van der Waals surface area contributed by atoms with E-state index in [1.807, 2.05) is 23.7 Å². The van der Waals surface area contributed by atoms with Gasteiger partial charge in [0.25, 0.3) is 0 Å². The van der Waals surface area contributed by atoms with Crippen molar-refractivity contribution in [1.82, 2.24) is 19.8 Å². The van der Waals surface area contributed by atoms with Crippen LogP contribution in [0.2, 0.25) is 0 Å². The monoisotopic (exact) mass is 510 g/mol. The number of aliphatic hydroxyl groups is 1. The lowest BCUT2D eigenvalue weighted by Gasteiger charge is -2.50. The number of benzene rings is 1. The van der Waals surface area contributed by atoms with Gasteiger partial charge in [0, 0.05) is 78.4 Å². The van der Waals surface area contributed by atoms with Crippen molar-refractivity contribution in [1.29, 1.82) is 0 Å². The van der Waals surface area contributed by atoms with E-state index in [0.717, 1.165) is 67.3 Å². The second kappa shape index (κ2) is 9.78. The first-order valence-electron chi connectivity index (χ1n) is 12.9. The van der Waals surface area contributed by atoms with E-state index >= 15 is 0 Å². The third-order valence-corrected chi connectivity index (χ3v) is 9.21. The molecule has 1 aromatic carbocycles. The number of aliphatic hydroxyl groups excluding tert-OH is 1. The summed E-state index contributed by atoms with van der Waals surface area (Å²) in [5.41, 5.74) is 3.34. The zero-order valence-corrected chi connectivity index (χ0v) is 21.6. The summed E-state index contributed by atoms with van der Waals surface area (Å²) in [5.74, 6) is 1.20. The number of hydrogen-bond acceptors (Lipinski definition) is 7. The molecule has 36 heavy (non-hydrogen) atoms. The number of carbonyl (C=O) groups excluding carboxylic acids is 1. The van der Waals surface area contributed by atoms with E-state index in [1.165, 1.54) is 10.9 Å². The number of aromatic amines is 1. The summed E-state index contributed by atoms with van der Waals surface area (Å²) in [7, 11) is 1.68. The first-order valence-corrected chi connectivity index (χ1v) is 13.8. The fourth-order valence-electron chi connectivity index (χ4n) is 6.55. The van der Waals surface area contributed by atoms with Gasteiger partial charge in [-0.3, -0.25) is 9.69 Å². The fourth-order valence-corrected chi connectivity index (χ4v) is 7.19. The summed E-state index contributed by atoms with van der Waals surface area (Å²) in [6, 6.07) is 6.08. The Morgan fingerprint density at radius 3 is 2.81 bits per heavy atom. The lowest BCUT2D eigenvalue weighted by Crippen LogP contribution is -2.55. The highest BCUT2D eigenvalue weighted by molar-refractivity contribution is 7.09. The number of nitrogens with zero attached hydrogens (tertiary/aromatic N) is 3. The van der Waals surface area contributed by atoms with Gasteiger partial charge in [-0.05, 0) is 43.4 Å². The van der Waals surface area contributed by atoms with Crippen LogP contribution in [0.5, 0.6) is 5.75 Å². The van der Waals surface area contributed by atoms with Crippen molar-refractivity contribution in [2.45, 2.75) is 43.7 Å². The van der Waals surface area contributed by atoms with Crippen LogP contribution in [-0.4, -0.2) is 77.3 Å². The van der Waals surface area contributed by atoms with Crippen molar-refractivity contribution in [3.63, 3.8) is 0 Å². The van der Waals surface area contributed by atoms with Gasteiger partial charge in [-0.25, -0.2) is 4.98 Å². The minimum atomic E-state index is -0.130. The number of H-pyrrole nitrogens is 1. The largest absolute Gasteiger partial charge is 0.497 e. The maximum absolute atomic E-state index is 13.3. The van der Waals surface area contributed by atoms with E-state index < -0.39 is 0 Å². The molecule has 0 unspecified atom stereocenters. The first kappa shape index (κ1) is 23.9. The molecule has 2 saturated heterocycles. The number of rotatable bonds is 5. The van der Waals surface area contributed by atoms with Crippen LogP contribution in [0.3, 0.4) is 0 Å². The molecule has 0 aliphatic carbocycles. The van der Waals surface area contributed by atoms with Crippen molar-refractivity contribution in [3.05, 3.63) is 46.0 Å². The first-order chi connectivity index (χ1) is 17.6. The molecule has 2 N–H and O–H groups in total. The highest BCUT2D eigenvalue weighted by atomic mass is 32.1. The smallest absolute Gasteiger partial charge is 0.225 e. The van der Waals surface area contributed by atoms with E-state index in [4.69, 9.17) is 9.47 Å². The lowest BCUT2D eigenvalue weighted by molar-refractivity contribution is -0.140. The number of aromatic nitrogens is 2. The maximum atomic E-state index is 13.3. The van der Waals surface area contributed by atoms with E-state index in [1.54, 1.807) is 18.4 Å². The summed E-state index contributed by atoms with van der Waals surface area (Å²) in [5, 5.41) is 14.8. The molecule has 192 valence electrons. The molecule has 0 saturated carbocycles. The summed E-state index contributed by atoms with van der Waals surface area (Å²) >= 11 is 1.65. The predicted octanol–water partition coefficient (Wildman–Crippen LogP) is 3.47. The van der Waals surface area contributed by atoms with E-state index in [9.17, 15) is 9.90 Å². The van der Waals surface area contributed by atoms with E-state index in [-0.39, 0.29) is 24.0 Å². The number of hydrogen-bond donors (Lipinski definition) is 2.